The first-order valence-electron chi connectivity index (χ1n) is 8.70. The molecule has 0 saturated carbocycles. The smallest absolute Gasteiger partial charge is 0.230 e. The predicted octanol–water partition coefficient (Wildman–Crippen LogP) is 4.19. The van der Waals surface area contributed by atoms with Crippen LogP contribution in [0.3, 0.4) is 0 Å². The largest absolute Gasteiger partial charge is 0.361 e. The standard InChI is InChI=1S/C21H19N5O/c1-14-6-8-16(9-7-14)23-19-10-11-20(26-25-19)24-21(27)12-15-13-22-18-5-3-2-4-17(15)18/h2-11,13,22H,12H2,1H3,(H,23,25)(H,24,26,27). The number of nitrogens with one attached hydrogen (secondary N) is 3. The van der Waals surface area contributed by atoms with Crippen molar-refractivity contribution in [3.05, 3.63) is 78.0 Å². The van der Waals surface area contributed by atoms with Crippen LogP contribution in [0.4, 0.5) is 17.3 Å². The Kier molecular flexibility index (Phi) is 4.53. The van der Waals surface area contributed by atoms with Gasteiger partial charge in [-0.15, -0.1) is 10.2 Å². The number of nitrogens with zero attached hydrogens (tertiary/aromatic N) is 2. The van der Waals surface area contributed by atoms with E-state index in [1.807, 2.05) is 61.7 Å². The number of aromatic nitrogens is 3. The summed E-state index contributed by atoms with van der Waals surface area (Å²) in [4.78, 5) is 15.5. The molecule has 2 heterocycles. The predicted molar refractivity (Wildman–Crippen MR) is 107 cm³/mol. The van der Waals surface area contributed by atoms with E-state index >= 15 is 0 Å². The Labute approximate surface area is 156 Å². The molecule has 0 unspecified atom stereocenters. The zero-order valence-corrected chi connectivity index (χ0v) is 14.9. The fourth-order valence-electron chi connectivity index (χ4n) is 2.89. The van der Waals surface area contributed by atoms with Gasteiger partial charge in [0.1, 0.15) is 0 Å². The second kappa shape index (κ2) is 7.29. The third kappa shape index (κ3) is 3.95. The van der Waals surface area contributed by atoms with Gasteiger partial charge in [-0.3, -0.25) is 4.79 Å². The van der Waals surface area contributed by atoms with Gasteiger partial charge in [-0.1, -0.05) is 35.9 Å². The van der Waals surface area contributed by atoms with Crippen molar-refractivity contribution >= 4 is 34.1 Å². The molecule has 0 fully saturated rings. The molecule has 0 spiro atoms. The Bertz CT molecular complexity index is 1070. The lowest BCUT2D eigenvalue weighted by atomic mass is 10.1. The topological polar surface area (TPSA) is 82.7 Å². The van der Waals surface area contributed by atoms with Crippen LogP contribution >= 0.6 is 0 Å². The van der Waals surface area contributed by atoms with Gasteiger partial charge in [0.15, 0.2) is 11.6 Å². The maximum absolute atomic E-state index is 12.3. The SMILES string of the molecule is Cc1ccc(Nc2ccc(NC(=O)Cc3c[nH]c4ccccc34)nn2)cc1. The third-order valence-electron chi connectivity index (χ3n) is 4.28. The molecule has 2 aromatic carbocycles. The second-order valence-electron chi connectivity index (χ2n) is 6.38. The van der Waals surface area contributed by atoms with E-state index in [1.165, 1.54) is 5.56 Å². The summed E-state index contributed by atoms with van der Waals surface area (Å²) in [5, 5.41) is 15.2. The molecule has 0 aliphatic heterocycles. The molecule has 0 atom stereocenters. The molecule has 27 heavy (non-hydrogen) atoms. The number of H-pyrrole nitrogens is 1. The first-order chi connectivity index (χ1) is 13.2. The van der Waals surface area contributed by atoms with Gasteiger partial charge in [-0.05, 0) is 42.8 Å². The molecule has 3 N–H and O–H groups in total. The fourth-order valence-corrected chi connectivity index (χ4v) is 2.89. The summed E-state index contributed by atoms with van der Waals surface area (Å²) in [7, 11) is 0. The third-order valence-corrected chi connectivity index (χ3v) is 4.28. The summed E-state index contributed by atoms with van der Waals surface area (Å²) < 4.78 is 0. The van der Waals surface area contributed by atoms with Gasteiger partial charge in [0, 0.05) is 22.8 Å². The summed E-state index contributed by atoms with van der Waals surface area (Å²) in [6, 6.07) is 19.4. The Hall–Kier alpha value is -3.67. The zero-order chi connectivity index (χ0) is 18.6. The van der Waals surface area contributed by atoms with Crippen molar-refractivity contribution in [2.24, 2.45) is 0 Å². The van der Waals surface area contributed by atoms with E-state index in [-0.39, 0.29) is 12.3 Å². The molecule has 0 aliphatic rings. The molecule has 4 rings (SSSR count). The normalized spacial score (nSPS) is 10.7. The van der Waals surface area contributed by atoms with Crippen LogP contribution in [0.15, 0.2) is 66.9 Å². The first-order valence-corrected chi connectivity index (χ1v) is 8.70. The average molecular weight is 357 g/mol. The van der Waals surface area contributed by atoms with Gasteiger partial charge in [-0.25, -0.2) is 0 Å². The van der Waals surface area contributed by atoms with Gasteiger partial charge in [0.2, 0.25) is 5.91 Å². The molecular weight excluding hydrogens is 338 g/mol. The molecule has 2 aromatic heterocycles. The van der Waals surface area contributed by atoms with Gasteiger partial charge in [0.05, 0.1) is 6.42 Å². The highest BCUT2D eigenvalue weighted by Crippen LogP contribution is 2.19. The van der Waals surface area contributed by atoms with E-state index in [4.69, 9.17) is 0 Å². The van der Waals surface area contributed by atoms with Crippen molar-refractivity contribution in [3.8, 4) is 0 Å². The van der Waals surface area contributed by atoms with E-state index in [0.29, 0.717) is 11.6 Å². The maximum atomic E-state index is 12.3. The van der Waals surface area contributed by atoms with E-state index in [0.717, 1.165) is 22.2 Å². The van der Waals surface area contributed by atoms with Crippen LogP contribution in [0.1, 0.15) is 11.1 Å². The molecule has 6 heteroatoms. The quantitative estimate of drug-likeness (QED) is 0.500. The van der Waals surface area contributed by atoms with Crippen molar-refractivity contribution in [1.29, 1.82) is 0 Å². The molecule has 4 aromatic rings. The summed E-state index contributed by atoms with van der Waals surface area (Å²) in [5.74, 6) is 0.913. The number of amides is 1. The molecule has 0 bridgehead atoms. The summed E-state index contributed by atoms with van der Waals surface area (Å²) in [5.41, 5.74) is 4.10. The van der Waals surface area contributed by atoms with Crippen LogP contribution in [0, 0.1) is 6.92 Å². The molecule has 0 aliphatic carbocycles. The van der Waals surface area contributed by atoms with E-state index in [9.17, 15) is 4.79 Å². The highest BCUT2D eigenvalue weighted by molar-refractivity contribution is 5.95. The molecule has 1 amide bonds. The number of aromatic amines is 1. The number of hydrogen-bond donors (Lipinski definition) is 3. The van der Waals surface area contributed by atoms with Crippen molar-refractivity contribution in [2.45, 2.75) is 13.3 Å². The lowest BCUT2D eigenvalue weighted by molar-refractivity contribution is -0.115. The van der Waals surface area contributed by atoms with Crippen LogP contribution < -0.4 is 10.6 Å². The number of para-hydroxylation sites is 1. The zero-order valence-electron chi connectivity index (χ0n) is 14.9. The van der Waals surface area contributed by atoms with Crippen molar-refractivity contribution in [1.82, 2.24) is 15.2 Å². The minimum Gasteiger partial charge on any atom is -0.361 e. The number of hydrogen-bond acceptors (Lipinski definition) is 4. The average Bonchev–Trinajstić information content (AvgIpc) is 3.08. The summed E-state index contributed by atoms with van der Waals surface area (Å²) in [6.45, 7) is 2.04. The van der Waals surface area contributed by atoms with Crippen LogP contribution in [0.2, 0.25) is 0 Å². The van der Waals surface area contributed by atoms with Gasteiger partial charge in [0.25, 0.3) is 0 Å². The highest BCUT2D eigenvalue weighted by Gasteiger charge is 2.09. The Morgan fingerprint density at radius 3 is 2.48 bits per heavy atom. The van der Waals surface area contributed by atoms with E-state index < -0.39 is 0 Å². The second-order valence-corrected chi connectivity index (χ2v) is 6.38. The molecule has 0 saturated heterocycles. The molecule has 0 radical (unpaired) electrons. The molecule has 6 nitrogen and oxygen atoms in total. The Balaban J connectivity index is 1.39. The van der Waals surface area contributed by atoms with Crippen LogP contribution in [0.5, 0.6) is 0 Å². The van der Waals surface area contributed by atoms with Crippen LogP contribution in [0.25, 0.3) is 10.9 Å². The Morgan fingerprint density at radius 1 is 0.963 bits per heavy atom. The van der Waals surface area contributed by atoms with E-state index in [2.05, 4.69) is 25.8 Å². The number of fused-ring (bicyclic) bond motifs is 1. The number of anilines is 3. The lowest BCUT2D eigenvalue weighted by Gasteiger charge is -2.07. The molecule has 134 valence electrons. The Morgan fingerprint density at radius 2 is 1.70 bits per heavy atom. The van der Waals surface area contributed by atoms with Crippen molar-refractivity contribution in [2.75, 3.05) is 10.6 Å². The summed E-state index contributed by atoms with van der Waals surface area (Å²) >= 11 is 0. The number of benzene rings is 2. The monoisotopic (exact) mass is 357 g/mol. The fraction of sp³-hybridized carbons (Fsp3) is 0.0952. The molecular formula is C21H19N5O. The maximum Gasteiger partial charge on any atom is 0.230 e. The first kappa shape index (κ1) is 16.8. The van der Waals surface area contributed by atoms with E-state index in [1.54, 1.807) is 12.1 Å². The lowest BCUT2D eigenvalue weighted by Crippen LogP contribution is -2.15. The number of aryl methyl sites for hydroxylation is 1. The summed E-state index contributed by atoms with van der Waals surface area (Å²) in [6.07, 6.45) is 2.14. The highest BCUT2D eigenvalue weighted by atomic mass is 16.1. The van der Waals surface area contributed by atoms with Crippen molar-refractivity contribution in [3.63, 3.8) is 0 Å². The van der Waals surface area contributed by atoms with Crippen LogP contribution in [-0.4, -0.2) is 21.1 Å². The minimum absolute atomic E-state index is 0.131. The van der Waals surface area contributed by atoms with Crippen LogP contribution in [-0.2, 0) is 11.2 Å². The number of carbonyl (C=O) groups excluding carboxylic acids is 1. The van der Waals surface area contributed by atoms with Gasteiger partial charge < -0.3 is 15.6 Å². The number of carbonyl (C=O) groups is 1. The van der Waals surface area contributed by atoms with Gasteiger partial charge in [-0.2, -0.15) is 0 Å². The minimum atomic E-state index is -0.131. The number of rotatable bonds is 5. The van der Waals surface area contributed by atoms with Gasteiger partial charge >= 0.3 is 0 Å². The van der Waals surface area contributed by atoms with Crippen molar-refractivity contribution < 1.29 is 4.79 Å².